The SMILES string of the molecule is CCOC(=O)C(CC(C(=O)OCc1ccccc1)C(F)(F)F)(NC(C)=O)C(=O)OCC. The molecule has 0 bridgehead atoms. The molecule has 0 heterocycles. The Morgan fingerprint density at radius 2 is 1.45 bits per heavy atom. The van der Waals surface area contributed by atoms with Gasteiger partial charge in [-0.25, -0.2) is 9.59 Å². The predicted octanol–water partition coefficient (Wildman–Crippen LogP) is 2.30. The molecule has 0 aliphatic rings. The molecule has 0 fully saturated rings. The maximum Gasteiger partial charge on any atom is 0.402 e. The molecule has 1 unspecified atom stereocenters. The highest BCUT2D eigenvalue weighted by molar-refractivity contribution is 6.08. The standard InChI is InChI=1S/C20H24F3NO7/c1-4-29-17(27)19(24-13(3)25,18(28)30-5-2)11-15(20(21,22)23)16(26)31-12-14-9-7-6-8-10-14/h6-10,15H,4-5,11-12H2,1-3H3,(H,24,25). The molecule has 0 saturated carbocycles. The number of carbonyl (C=O) groups is 4. The summed E-state index contributed by atoms with van der Waals surface area (Å²) in [5.74, 6) is -8.60. The Hall–Kier alpha value is -3.11. The Morgan fingerprint density at radius 3 is 1.87 bits per heavy atom. The summed E-state index contributed by atoms with van der Waals surface area (Å²) in [6, 6.07) is 7.95. The van der Waals surface area contributed by atoms with Gasteiger partial charge in [0, 0.05) is 13.3 Å². The van der Waals surface area contributed by atoms with E-state index < -0.39 is 54.5 Å². The van der Waals surface area contributed by atoms with E-state index in [1.165, 1.54) is 26.0 Å². The lowest BCUT2D eigenvalue weighted by Gasteiger charge is -2.32. The minimum Gasteiger partial charge on any atom is -0.464 e. The zero-order valence-corrected chi connectivity index (χ0v) is 17.3. The van der Waals surface area contributed by atoms with Gasteiger partial charge in [-0.05, 0) is 19.4 Å². The first-order chi connectivity index (χ1) is 14.5. The van der Waals surface area contributed by atoms with Gasteiger partial charge in [0.1, 0.15) is 6.61 Å². The van der Waals surface area contributed by atoms with Crippen molar-refractivity contribution in [2.75, 3.05) is 13.2 Å². The summed E-state index contributed by atoms with van der Waals surface area (Å²) in [6.07, 6.45) is -6.68. The molecular formula is C20H24F3NO7. The van der Waals surface area contributed by atoms with Crippen LogP contribution in [0.5, 0.6) is 0 Å². The molecule has 1 aromatic rings. The van der Waals surface area contributed by atoms with Crippen LogP contribution in [0.2, 0.25) is 0 Å². The molecule has 0 aliphatic heterocycles. The Kier molecular flexibility index (Phi) is 9.47. The number of rotatable bonds is 10. The van der Waals surface area contributed by atoms with Crippen LogP contribution in [-0.4, -0.2) is 48.7 Å². The van der Waals surface area contributed by atoms with Crippen molar-refractivity contribution in [3.8, 4) is 0 Å². The normalized spacial score (nSPS) is 12.5. The first kappa shape index (κ1) is 25.9. The van der Waals surface area contributed by atoms with Gasteiger partial charge in [0.2, 0.25) is 11.4 Å². The second-order valence-corrected chi connectivity index (χ2v) is 6.42. The van der Waals surface area contributed by atoms with Crippen LogP contribution in [0.3, 0.4) is 0 Å². The Labute approximate surface area is 177 Å². The van der Waals surface area contributed by atoms with Crippen LogP contribution in [0.25, 0.3) is 0 Å². The topological polar surface area (TPSA) is 108 Å². The molecule has 0 aliphatic carbocycles. The Morgan fingerprint density at radius 1 is 0.935 bits per heavy atom. The molecule has 0 radical (unpaired) electrons. The number of benzene rings is 1. The average molecular weight is 447 g/mol. The molecule has 1 rings (SSSR count). The van der Waals surface area contributed by atoms with Crippen molar-refractivity contribution in [2.45, 2.75) is 45.5 Å². The first-order valence-electron chi connectivity index (χ1n) is 9.38. The molecule has 1 aromatic carbocycles. The third-order valence-corrected chi connectivity index (χ3v) is 4.05. The zero-order valence-electron chi connectivity index (χ0n) is 17.3. The lowest BCUT2D eigenvalue weighted by Crippen LogP contribution is -2.63. The molecule has 8 nitrogen and oxygen atoms in total. The number of amides is 1. The molecule has 0 saturated heterocycles. The van der Waals surface area contributed by atoms with Gasteiger partial charge < -0.3 is 19.5 Å². The third-order valence-electron chi connectivity index (χ3n) is 4.05. The van der Waals surface area contributed by atoms with Crippen molar-refractivity contribution in [3.63, 3.8) is 0 Å². The number of hydrogen-bond acceptors (Lipinski definition) is 7. The molecule has 1 amide bonds. The van der Waals surface area contributed by atoms with E-state index in [9.17, 15) is 32.3 Å². The smallest absolute Gasteiger partial charge is 0.402 e. The van der Waals surface area contributed by atoms with Crippen molar-refractivity contribution in [3.05, 3.63) is 35.9 Å². The summed E-state index contributed by atoms with van der Waals surface area (Å²) in [6.45, 7) is 2.55. The number of alkyl halides is 3. The number of nitrogens with one attached hydrogen (secondary N) is 1. The molecule has 0 spiro atoms. The molecule has 0 aromatic heterocycles. The molecule has 172 valence electrons. The Balaban J connectivity index is 3.31. The first-order valence-corrected chi connectivity index (χ1v) is 9.38. The highest BCUT2D eigenvalue weighted by atomic mass is 19.4. The van der Waals surface area contributed by atoms with Gasteiger partial charge >= 0.3 is 24.1 Å². The number of halogens is 3. The number of hydrogen-bond donors (Lipinski definition) is 1. The molecular weight excluding hydrogens is 423 g/mol. The summed E-state index contributed by atoms with van der Waals surface area (Å²) in [7, 11) is 0. The van der Waals surface area contributed by atoms with Crippen LogP contribution < -0.4 is 5.32 Å². The summed E-state index contributed by atoms with van der Waals surface area (Å²) in [5.41, 5.74) is -2.45. The quantitative estimate of drug-likeness (QED) is 0.333. The van der Waals surface area contributed by atoms with Crippen molar-refractivity contribution in [1.29, 1.82) is 0 Å². The summed E-state index contributed by atoms with van der Waals surface area (Å²) in [5, 5.41) is 1.90. The van der Waals surface area contributed by atoms with Gasteiger partial charge in [-0.3, -0.25) is 9.59 Å². The van der Waals surface area contributed by atoms with Crippen molar-refractivity contribution in [1.82, 2.24) is 5.32 Å². The van der Waals surface area contributed by atoms with Crippen molar-refractivity contribution < 1.29 is 46.6 Å². The van der Waals surface area contributed by atoms with Gasteiger partial charge in [0.15, 0.2) is 5.92 Å². The zero-order chi connectivity index (χ0) is 23.7. The Bertz CT molecular complexity index is 763. The van der Waals surface area contributed by atoms with Crippen LogP contribution >= 0.6 is 0 Å². The van der Waals surface area contributed by atoms with E-state index in [4.69, 9.17) is 14.2 Å². The van der Waals surface area contributed by atoms with Gasteiger partial charge in [-0.2, -0.15) is 13.2 Å². The van der Waals surface area contributed by atoms with Crippen LogP contribution in [-0.2, 0) is 40.0 Å². The lowest BCUT2D eigenvalue weighted by atomic mass is 9.86. The highest BCUT2D eigenvalue weighted by Crippen LogP contribution is 2.35. The summed E-state index contributed by atoms with van der Waals surface area (Å²) < 4.78 is 55.5. The largest absolute Gasteiger partial charge is 0.464 e. The summed E-state index contributed by atoms with van der Waals surface area (Å²) in [4.78, 5) is 49.0. The van der Waals surface area contributed by atoms with E-state index in [2.05, 4.69) is 0 Å². The highest BCUT2D eigenvalue weighted by Gasteiger charge is 2.58. The van der Waals surface area contributed by atoms with Gasteiger partial charge in [-0.15, -0.1) is 0 Å². The van der Waals surface area contributed by atoms with Gasteiger partial charge in [0.05, 0.1) is 13.2 Å². The number of carbonyl (C=O) groups excluding carboxylic acids is 4. The number of ether oxygens (including phenoxy) is 3. The fourth-order valence-corrected chi connectivity index (χ4v) is 2.68. The molecule has 1 atom stereocenters. The third kappa shape index (κ3) is 7.26. The van der Waals surface area contributed by atoms with Crippen LogP contribution in [0.1, 0.15) is 32.8 Å². The lowest BCUT2D eigenvalue weighted by molar-refractivity contribution is -0.205. The fourth-order valence-electron chi connectivity index (χ4n) is 2.68. The second-order valence-electron chi connectivity index (χ2n) is 6.42. The molecule has 11 heteroatoms. The second kappa shape index (κ2) is 11.3. The number of esters is 3. The van der Waals surface area contributed by atoms with Gasteiger partial charge in [0.25, 0.3) is 0 Å². The fraction of sp³-hybridized carbons (Fsp3) is 0.500. The minimum absolute atomic E-state index is 0.297. The summed E-state index contributed by atoms with van der Waals surface area (Å²) >= 11 is 0. The molecule has 1 N–H and O–H groups in total. The van der Waals surface area contributed by atoms with E-state index in [0.717, 1.165) is 6.92 Å². The minimum atomic E-state index is -5.20. The molecule has 31 heavy (non-hydrogen) atoms. The van der Waals surface area contributed by atoms with Gasteiger partial charge in [-0.1, -0.05) is 30.3 Å². The van der Waals surface area contributed by atoms with Crippen LogP contribution in [0, 0.1) is 5.92 Å². The van der Waals surface area contributed by atoms with Crippen molar-refractivity contribution in [2.24, 2.45) is 5.92 Å². The maximum atomic E-state index is 13.7. The van der Waals surface area contributed by atoms with Crippen LogP contribution in [0.15, 0.2) is 30.3 Å². The predicted molar refractivity (Wildman–Crippen MR) is 100 cm³/mol. The van der Waals surface area contributed by atoms with E-state index in [1.807, 2.05) is 5.32 Å². The maximum absolute atomic E-state index is 13.7. The van der Waals surface area contributed by atoms with Crippen molar-refractivity contribution >= 4 is 23.8 Å². The van der Waals surface area contributed by atoms with E-state index in [-0.39, 0.29) is 13.2 Å². The van der Waals surface area contributed by atoms with E-state index >= 15 is 0 Å². The van der Waals surface area contributed by atoms with E-state index in [1.54, 1.807) is 18.2 Å². The van der Waals surface area contributed by atoms with Crippen LogP contribution in [0.4, 0.5) is 13.2 Å². The van der Waals surface area contributed by atoms with E-state index in [0.29, 0.717) is 5.56 Å². The monoisotopic (exact) mass is 447 g/mol. The average Bonchev–Trinajstić information content (AvgIpc) is 2.69.